The van der Waals surface area contributed by atoms with Gasteiger partial charge in [0.1, 0.15) is 5.69 Å². The number of nitrogens with zero attached hydrogens (tertiary/aromatic N) is 6. The Morgan fingerprint density at radius 2 is 0.704 bits per heavy atom. The predicted octanol–water partition coefficient (Wildman–Crippen LogP) is 19.5. The molecule has 0 spiro atoms. The molecule has 0 amide bonds. The van der Waals surface area contributed by atoms with E-state index in [4.69, 9.17) is 19.9 Å². The average molecular weight is 1050 g/mol. The first-order chi connectivity index (χ1) is 40.2. The second-order valence-corrected chi connectivity index (χ2v) is 21.5. The predicted molar refractivity (Wildman–Crippen MR) is 337 cm³/mol. The highest BCUT2D eigenvalue weighted by Crippen LogP contribution is 2.50. The maximum absolute atomic E-state index is 5.33. The number of aromatic nitrogens is 6. The van der Waals surface area contributed by atoms with Crippen LogP contribution in [-0.2, 0) is 0 Å². The van der Waals surface area contributed by atoms with Crippen molar-refractivity contribution in [2.24, 2.45) is 0 Å². The Balaban J connectivity index is 1.01. The molecule has 0 aliphatic heterocycles. The summed E-state index contributed by atoms with van der Waals surface area (Å²) in [4.78, 5) is 20.4. The zero-order valence-electron chi connectivity index (χ0n) is 43.6. The normalized spacial score (nSPS) is 11.7. The smallest absolute Gasteiger partial charge is 0.182 e. The van der Waals surface area contributed by atoms with Gasteiger partial charge in [0.05, 0.1) is 27.8 Å². The summed E-state index contributed by atoms with van der Waals surface area (Å²) >= 11 is 1.91. The fraction of sp³-hybridized carbons (Fsp3) is 0. The Morgan fingerprint density at radius 1 is 0.284 bits per heavy atom. The van der Waals surface area contributed by atoms with Gasteiger partial charge in [0.15, 0.2) is 17.5 Å². The van der Waals surface area contributed by atoms with Gasteiger partial charge >= 0.3 is 0 Å². The first-order valence-electron chi connectivity index (χ1n) is 27.3. The molecule has 378 valence electrons. The lowest BCUT2D eigenvalue weighted by Crippen LogP contribution is -2.04. The molecule has 0 atom stereocenters. The van der Waals surface area contributed by atoms with Gasteiger partial charge in [-0.15, -0.1) is 11.3 Å². The molecule has 5 heterocycles. The number of benzene rings is 11. The molecule has 0 aliphatic rings. The van der Waals surface area contributed by atoms with Gasteiger partial charge in [0.25, 0.3) is 0 Å². The monoisotopic (exact) mass is 1050 g/mol. The van der Waals surface area contributed by atoms with Gasteiger partial charge < -0.3 is 9.13 Å². The number of rotatable bonds is 9. The number of fused-ring (bicyclic) bond motifs is 11. The Morgan fingerprint density at radius 3 is 1.23 bits per heavy atom. The van der Waals surface area contributed by atoms with Crippen molar-refractivity contribution in [2.75, 3.05) is 0 Å². The van der Waals surface area contributed by atoms with Gasteiger partial charge in [0.2, 0.25) is 0 Å². The van der Waals surface area contributed by atoms with Crippen LogP contribution in [-0.4, -0.2) is 29.1 Å². The highest BCUT2D eigenvalue weighted by Gasteiger charge is 2.26. The molecule has 0 saturated heterocycles. The third-order valence-electron chi connectivity index (χ3n) is 15.8. The van der Waals surface area contributed by atoms with Crippen LogP contribution in [0, 0.1) is 0 Å². The van der Waals surface area contributed by atoms with E-state index >= 15 is 0 Å². The minimum atomic E-state index is 0.503. The summed E-state index contributed by atoms with van der Waals surface area (Å²) in [6, 6.07) is 97.7. The van der Waals surface area contributed by atoms with E-state index in [-0.39, 0.29) is 0 Å². The second-order valence-electron chi connectivity index (χ2n) is 20.5. The molecule has 0 fully saturated rings. The van der Waals surface area contributed by atoms with Gasteiger partial charge in [-0.25, -0.2) is 15.0 Å². The van der Waals surface area contributed by atoms with Crippen molar-refractivity contribution in [1.29, 1.82) is 0 Å². The Bertz CT molecular complexity index is 4890. The molecule has 5 aromatic heterocycles. The summed E-state index contributed by atoms with van der Waals surface area (Å²) in [5, 5.41) is 7.46. The zero-order valence-corrected chi connectivity index (χ0v) is 44.5. The van der Waals surface area contributed by atoms with Gasteiger partial charge in [-0.3, -0.25) is 4.98 Å². The lowest BCUT2D eigenvalue weighted by Gasteiger charge is -2.21. The van der Waals surface area contributed by atoms with Gasteiger partial charge in [-0.1, -0.05) is 212 Å². The van der Waals surface area contributed by atoms with Crippen LogP contribution < -0.4 is 0 Å². The van der Waals surface area contributed by atoms with E-state index in [1.807, 2.05) is 59.9 Å². The van der Waals surface area contributed by atoms with Crippen LogP contribution in [0.2, 0.25) is 0 Å². The molecule has 16 rings (SSSR count). The van der Waals surface area contributed by atoms with E-state index in [0.717, 1.165) is 78.0 Å². The molecule has 16 aromatic rings. The van der Waals surface area contributed by atoms with Gasteiger partial charge in [0, 0.05) is 75.9 Å². The molecule has 0 aliphatic carbocycles. The van der Waals surface area contributed by atoms with Crippen molar-refractivity contribution in [3.05, 3.63) is 279 Å². The molecular weight excluding hydrogens is 1000 g/mol. The van der Waals surface area contributed by atoms with Crippen LogP contribution in [0.5, 0.6) is 0 Å². The summed E-state index contributed by atoms with van der Waals surface area (Å²) < 4.78 is 7.50. The van der Waals surface area contributed by atoms with Crippen molar-refractivity contribution < 1.29 is 0 Å². The minimum absolute atomic E-state index is 0.503. The molecule has 0 bridgehead atoms. The van der Waals surface area contributed by atoms with Crippen molar-refractivity contribution in [3.8, 4) is 90.2 Å². The van der Waals surface area contributed by atoms with Crippen LogP contribution in [0.15, 0.2) is 279 Å². The van der Waals surface area contributed by atoms with E-state index in [2.05, 4.69) is 234 Å². The summed E-state index contributed by atoms with van der Waals surface area (Å²) in [6.07, 6.45) is 1.79. The van der Waals surface area contributed by atoms with E-state index in [0.29, 0.717) is 23.2 Å². The maximum Gasteiger partial charge on any atom is 0.182 e. The lowest BCUT2D eigenvalue weighted by molar-refractivity contribution is 1.06. The van der Waals surface area contributed by atoms with Crippen LogP contribution in [0.4, 0.5) is 0 Å². The lowest BCUT2D eigenvalue weighted by atomic mass is 9.91. The molecule has 6 nitrogen and oxygen atoms in total. The molecular formula is C74H46N6S. The number of hydrogen-bond acceptors (Lipinski definition) is 5. The third kappa shape index (κ3) is 7.77. The Labute approximate surface area is 470 Å². The van der Waals surface area contributed by atoms with Crippen molar-refractivity contribution in [1.82, 2.24) is 29.1 Å². The first kappa shape index (κ1) is 46.5. The van der Waals surface area contributed by atoms with E-state index in [9.17, 15) is 0 Å². The third-order valence-corrected chi connectivity index (χ3v) is 17.1. The summed E-state index contributed by atoms with van der Waals surface area (Å²) in [6.45, 7) is 0. The van der Waals surface area contributed by atoms with E-state index < -0.39 is 0 Å². The molecule has 7 heteroatoms. The van der Waals surface area contributed by atoms with Crippen molar-refractivity contribution in [2.45, 2.75) is 0 Å². The standard InChI is InChI=1S/C74H46N6S/c1-5-19-47(20-6-1)49-32-36-51(37-33-49)60-45-54(73-76-72(53-23-9-3-10-24-53)77-74(78-73)62-29-17-18-44-75-62)46-61(52-38-34-50(35-39-52)48-21-7-2-8-22-48)69(60)80-64-31-16-14-28-59(64)68-66(80)43-41-57-56-40-42-65-67(70(56)81-71(57)68)58-27-13-15-30-63(58)79(65)55-25-11-4-12-26-55/h1-46H. The van der Waals surface area contributed by atoms with Crippen molar-refractivity contribution in [3.63, 3.8) is 0 Å². The van der Waals surface area contributed by atoms with Crippen molar-refractivity contribution >= 4 is 75.1 Å². The van der Waals surface area contributed by atoms with E-state index in [1.54, 1.807) is 6.20 Å². The Kier molecular flexibility index (Phi) is 11.0. The van der Waals surface area contributed by atoms with Crippen LogP contribution in [0.3, 0.4) is 0 Å². The van der Waals surface area contributed by atoms with Crippen LogP contribution >= 0.6 is 11.3 Å². The minimum Gasteiger partial charge on any atom is -0.309 e. The SMILES string of the molecule is c1ccc(-c2ccc(-c3cc(-c4nc(-c5ccccc5)nc(-c5ccccn5)n4)cc(-c4ccc(-c5ccccc5)cc4)c3-n3c4ccccc4c4c5sc6c(ccc7c6c6ccccc6n7-c6ccccc6)c5ccc43)cc2)cc1. The fourth-order valence-electron chi connectivity index (χ4n) is 12.1. The highest BCUT2D eigenvalue weighted by molar-refractivity contribution is 7.27. The maximum atomic E-state index is 5.33. The Hall–Kier alpha value is -10.6. The number of pyridine rings is 1. The zero-order chi connectivity index (χ0) is 53.4. The summed E-state index contributed by atoms with van der Waals surface area (Å²) in [5.74, 6) is 1.63. The molecule has 0 N–H and O–H groups in total. The molecule has 11 aromatic carbocycles. The summed E-state index contributed by atoms with van der Waals surface area (Å²) in [5.41, 5.74) is 18.0. The quantitative estimate of drug-likeness (QED) is 0.145. The molecule has 0 saturated carbocycles. The number of hydrogen-bond donors (Lipinski definition) is 0. The molecule has 0 radical (unpaired) electrons. The van der Waals surface area contributed by atoms with E-state index in [1.165, 1.54) is 52.8 Å². The fourth-order valence-corrected chi connectivity index (χ4v) is 13.5. The van der Waals surface area contributed by atoms with Gasteiger partial charge in [-0.2, -0.15) is 0 Å². The first-order valence-corrected chi connectivity index (χ1v) is 28.1. The van der Waals surface area contributed by atoms with Crippen LogP contribution in [0.1, 0.15) is 0 Å². The largest absolute Gasteiger partial charge is 0.309 e. The highest BCUT2D eigenvalue weighted by atomic mass is 32.1. The topological polar surface area (TPSA) is 61.4 Å². The van der Waals surface area contributed by atoms with Crippen LogP contribution in [0.25, 0.3) is 154 Å². The average Bonchev–Trinajstić information content (AvgIpc) is 3.78. The number of thiophene rings is 1. The summed E-state index contributed by atoms with van der Waals surface area (Å²) in [7, 11) is 0. The number of para-hydroxylation sites is 3. The molecule has 81 heavy (non-hydrogen) atoms. The molecule has 0 unspecified atom stereocenters. The van der Waals surface area contributed by atoms with Gasteiger partial charge in [-0.05, 0) is 94.0 Å². The second kappa shape index (κ2) is 19.1.